The molecule has 0 fully saturated rings. The van der Waals surface area contributed by atoms with Crippen LogP contribution in [0.15, 0.2) is 66.0 Å². The smallest absolute Gasteiger partial charge is 0.251 e. The molecule has 0 bridgehead atoms. The zero-order chi connectivity index (χ0) is 24.6. The van der Waals surface area contributed by atoms with E-state index in [-0.39, 0.29) is 5.91 Å². The first-order chi connectivity index (χ1) is 17.0. The first-order valence-electron chi connectivity index (χ1n) is 11.6. The zero-order valence-corrected chi connectivity index (χ0v) is 21.0. The molecule has 4 rings (SSSR count). The van der Waals surface area contributed by atoms with E-state index in [0.717, 1.165) is 28.0 Å². The monoisotopic (exact) mass is 490 g/mol. The summed E-state index contributed by atoms with van der Waals surface area (Å²) in [5, 5.41) is 12.7. The van der Waals surface area contributed by atoms with Crippen LogP contribution in [0.4, 0.5) is 5.82 Å². The van der Waals surface area contributed by atoms with Gasteiger partial charge in [-0.2, -0.15) is 5.10 Å². The summed E-state index contributed by atoms with van der Waals surface area (Å²) in [5.41, 5.74) is 3.56. The van der Waals surface area contributed by atoms with Crippen molar-refractivity contribution in [2.45, 2.75) is 30.8 Å². The summed E-state index contributed by atoms with van der Waals surface area (Å²) < 4.78 is 6.95. The number of fused-ring (bicyclic) bond motifs is 1. The van der Waals surface area contributed by atoms with Crippen LogP contribution < -0.4 is 10.6 Å². The van der Waals surface area contributed by atoms with Crippen LogP contribution in [0.5, 0.6) is 0 Å². The average Bonchev–Trinajstić information content (AvgIpc) is 3.27. The Bertz CT molecular complexity index is 1260. The summed E-state index contributed by atoms with van der Waals surface area (Å²) >= 11 is 1.60. The van der Waals surface area contributed by atoms with E-state index in [4.69, 9.17) is 9.72 Å². The lowest BCUT2D eigenvalue weighted by molar-refractivity contribution is 0.0952. The van der Waals surface area contributed by atoms with Gasteiger partial charge in [-0.05, 0) is 23.3 Å². The molecule has 2 heterocycles. The minimum absolute atomic E-state index is 0.117. The number of methoxy groups -OCH3 is 1. The van der Waals surface area contributed by atoms with Gasteiger partial charge in [0, 0.05) is 31.0 Å². The zero-order valence-electron chi connectivity index (χ0n) is 20.2. The molecular formula is C26H30N6O2S. The second-order valence-corrected chi connectivity index (χ2v) is 9.79. The highest BCUT2D eigenvalue weighted by molar-refractivity contribution is 7.99. The maximum atomic E-state index is 12.7. The van der Waals surface area contributed by atoms with Gasteiger partial charge in [0.1, 0.15) is 5.82 Å². The van der Waals surface area contributed by atoms with Crippen LogP contribution in [0, 0.1) is 0 Å². The van der Waals surface area contributed by atoms with Crippen molar-refractivity contribution < 1.29 is 9.53 Å². The van der Waals surface area contributed by atoms with Crippen LogP contribution in [0.3, 0.4) is 0 Å². The van der Waals surface area contributed by atoms with Gasteiger partial charge >= 0.3 is 0 Å². The Morgan fingerprint density at radius 2 is 1.77 bits per heavy atom. The number of benzene rings is 2. The summed E-state index contributed by atoms with van der Waals surface area (Å²) in [6.45, 7) is 6.35. The van der Waals surface area contributed by atoms with E-state index in [9.17, 15) is 4.79 Å². The van der Waals surface area contributed by atoms with Crippen molar-refractivity contribution in [3.05, 3.63) is 66.4 Å². The van der Waals surface area contributed by atoms with E-state index in [1.165, 1.54) is 0 Å². The number of thioether (sulfide) groups is 1. The molecule has 0 saturated heterocycles. The Morgan fingerprint density at radius 1 is 1.03 bits per heavy atom. The predicted molar refractivity (Wildman–Crippen MR) is 141 cm³/mol. The molecule has 0 aliphatic heterocycles. The van der Waals surface area contributed by atoms with E-state index in [2.05, 4.69) is 46.7 Å². The minimum Gasteiger partial charge on any atom is -0.383 e. The number of hydrogen-bond acceptors (Lipinski definition) is 7. The van der Waals surface area contributed by atoms with Gasteiger partial charge in [-0.15, -0.1) is 0 Å². The highest BCUT2D eigenvalue weighted by Gasteiger charge is 2.14. The fourth-order valence-corrected chi connectivity index (χ4v) is 4.30. The Morgan fingerprint density at radius 3 is 2.49 bits per heavy atom. The van der Waals surface area contributed by atoms with Crippen LogP contribution in [-0.4, -0.2) is 57.7 Å². The molecule has 0 aliphatic carbocycles. The number of carbonyl (C=O) groups is 1. The molecule has 35 heavy (non-hydrogen) atoms. The fourth-order valence-electron chi connectivity index (χ4n) is 3.59. The topological polar surface area (TPSA) is 94.0 Å². The van der Waals surface area contributed by atoms with Gasteiger partial charge in [-0.25, -0.2) is 14.6 Å². The Labute approximate surface area is 209 Å². The first kappa shape index (κ1) is 24.7. The molecule has 4 aromatic rings. The number of rotatable bonds is 11. The summed E-state index contributed by atoms with van der Waals surface area (Å²) in [7, 11) is 1.67. The Balaban J connectivity index is 1.42. The molecule has 9 heteroatoms. The van der Waals surface area contributed by atoms with Crippen LogP contribution >= 0.6 is 11.8 Å². The van der Waals surface area contributed by atoms with Crippen molar-refractivity contribution >= 4 is 34.5 Å². The van der Waals surface area contributed by atoms with E-state index >= 15 is 0 Å². The molecule has 0 radical (unpaired) electrons. The molecule has 8 nitrogen and oxygen atoms in total. The highest BCUT2D eigenvalue weighted by Crippen LogP contribution is 2.26. The number of carbonyl (C=O) groups excluding carboxylic acids is 1. The normalized spacial score (nSPS) is 11.2. The van der Waals surface area contributed by atoms with Crippen molar-refractivity contribution in [1.29, 1.82) is 0 Å². The molecule has 2 aromatic heterocycles. The number of amides is 1. The van der Waals surface area contributed by atoms with E-state index < -0.39 is 0 Å². The molecule has 0 unspecified atom stereocenters. The third kappa shape index (κ3) is 6.37. The lowest BCUT2D eigenvalue weighted by Gasteiger charge is -2.11. The molecule has 0 atom stereocenters. The number of nitrogens with one attached hydrogen (secondary N) is 2. The lowest BCUT2D eigenvalue weighted by Crippen LogP contribution is -2.27. The number of aromatic nitrogens is 4. The second-order valence-electron chi connectivity index (χ2n) is 8.25. The molecule has 2 N–H and O–H groups in total. The van der Waals surface area contributed by atoms with Crippen LogP contribution in [-0.2, 0) is 11.3 Å². The van der Waals surface area contributed by atoms with E-state index in [1.807, 2.05) is 47.1 Å². The van der Waals surface area contributed by atoms with Crippen molar-refractivity contribution in [2.75, 3.05) is 32.1 Å². The van der Waals surface area contributed by atoms with Gasteiger partial charge in [0.25, 0.3) is 5.91 Å². The molecule has 0 aliphatic rings. The number of anilines is 1. The van der Waals surface area contributed by atoms with Crippen LogP contribution in [0.2, 0.25) is 0 Å². The molecule has 0 saturated carbocycles. The number of hydrogen-bond donors (Lipinski definition) is 2. The van der Waals surface area contributed by atoms with Crippen molar-refractivity contribution in [1.82, 2.24) is 25.1 Å². The van der Waals surface area contributed by atoms with E-state index in [0.29, 0.717) is 42.2 Å². The van der Waals surface area contributed by atoms with Gasteiger partial charge in [0.15, 0.2) is 10.8 Å². The Hall–Kier alpha value is -3.43. The van der Waals surface area contributed by atoms with E-state index in [1.54, 1.807) is 25.1 Å². The summed E-state index contributed by atoms with van der Waals surface area (Å²) in [4.78, 5) is 22.1. The van der Waals surface area contributed by atoms with Gasteiger partial charge in [0.2, 0.25) is 0 Å². The first-order valence-corrected chi connectivity index (χ1v) is 12.5. The highest BCUT2D eigenvalue weighted by atomic mass is 32.2. The number of nitrogens with zero attached hydrogens (tertiary/aromatic N) is 4. The second kappa shape index (κ2) is 11.8. The lowest BCUT2D eigenvalue weighted by atomic mass is 10.0. The van der Waals surface area contributed by atoms with Crippen molar-refractivity contribution in [2.24, 2.45) is 0 Å². The summed E-state index contributed by atoms with van der Waals surface area (Å²) in [6, 6.07) is 17.7. The quantitative estimate of drug-likeness (QED) is 0.182. The third-order valence-electron chi connectivity index (χ3n) is 5.28. The fraction of sp³-hybridized carbons (Fsp3) is 0.308. The van der Waals surface area contributed by atoms with Gasteiger partial charge in [-0.1, -0.05) is 68.1 Å². The van der Waals surface area contributed by atoms with Crippen LogP contribution in [0.25, 0.3) is 22.2 Å². The maximum absolute atomic E-state index is 12.7. The maximum Gasteiger partial charge on any atom is 0.251 e. The van der Waals surface area contributed by atoms with Gasteiger partial charge in [-0.3, -0.25) is 4.79 Å². The summed E-state index contributed by atoms with van der Waals surface area (Å²) in [5.74, 6) is 0.623. The molecule has 182 valence electrons. The molecule has 0 spiro atoms. The molecule has 2 aromatic carbocycles. The van der Waals surface area contributed by atoms with Gasteiger partial charge in [0.05, 0.1) is 24.7 Å². The molecule has 1 amide bonds. The molecular weight excluding hydrogens is 460 g/mol. The van der Waals surface area contributed by atoms with Gasteiger partial charge < -0.3 is 15.4 Å². The predicted octanol–water partition coefficient (Wildman–Crippen LogP) is 4.48. The SMILES string of the molecule is COCCNc1nc(SC(C)C)nc2c1cnn2CCNC(=O)c1ccc(-c2ccccc2)cc1. The summed E-state index contributed by atoms with van der Waals surface area (Å²) in [6.07, 6.45) is 1.76. The standard InChI is InChI=1S/C26H30N6O2S/c1-18(2)35-26-30-23(27-14-16-34-3)22-17-29-32(24(22)31-26)15-13-28-25(33)21-11-9-20(10-12-21)19-7-5-4-6-8-19/h4-12,17-18H,13-16H2,1-3H3,(H,28,33)(H,27,30,31). The van der Waals surface area contributed by atoms with Crippen LogP contribution in [0.1, 0.15) is 24.2 Å². The largest absolute Gasteiger partial charge is 0.383 e. The average molecular weight is 491 g/mol. The minimum atomic E-state index is -0.117. The Kier molecular flexibility index (Phi) is 8.33. The van der Waals surface area contributed by atoms with Crippen molar-refractivity contribution in [3.8, 4) is 11.1 Å². The number of ether oxygens (including phenoxy) is 1. The van der Waals surface area contributed by atoms with Crippen molar-refractivity contribution in [3.63, 3.8) is 0 Å². The third-order valence-corrected chi connectivity index (χ3v) is 6.14.